The minimum absolute atomic E-state index is 0.109. The van der Waals surface area contributed by atoms with Crippen LogP contribution in [0.5, 0.6) is 5.75 Å². The van der Waals surface area contributed by atoms with E-state index >= 15 is 0 Å². The summed E-state index contributed by atoms with van der Waals surface area (Å²) >= 11 is 0. The summed E-state index contributed by atoms with van der Waals surface area (Å²) in [6, 6.07) is 13.8. The number of nitrogens with one attached hydrogen (secondary N) is 2. The van der Waals surface area contributed by atoms with Crippen LogP contribution < -0.4 is 15.4 Å². The summed E-state index contributed by atoms with van der Waals surface area (Å²) in [6.45, 7) is 3.96. The van der Waals surface area contributed by atoms with Gasteiger partial charge in [0.05, 0.1) is 0 Å². The standard InChI is InChI=1S/C24H26N2O3/c1-14-10-11-15(2)18(13-14)25-22(27)21-20-16-7-3-4-9-19(16)29-24(26-23(21)28)12-6-5-8-17(20)24/h3-4,7,9-11,13,17,20-21H,5-6,8,12H2,1-2H3,(H,25,27)(H,26,28)/t17-,20+,21-,24+/m0/s1. The zero-order valence-corrected chi connectivity index (χ0v) is 16.8. The van der Waals surface area contributed by atoms with Crippen molar-refractivity contribution in [3.05, 3.63) is 59.2 Å². The molecule has 0 radical (unpaired) electrons. The molecule has 150 valence electrons. The first-order valence-corrected chi connectivity index (χ1v) is 10.5. The maximum absolute atomic E-state index is 13.4. The van der Waals surface area contributed by atoms with Gasteiger partial charge in [-0.1, -0.05) is 36.8 Å². The van der Waals surface area contributed by atoms with E-state index in [-0.39, 0.29) is 23.7 Å². The molecular formula is C24H26N2O3. The molecule has 2 bridgehead atoms. The van der Waals surface area contributed by atoms with Crippen molar-refractivity contribution in [2.75, 3.05) is 5.32 Å². The molecule has 5 nitrogen and oxygen atoms in total. The fraction of sp³-hybridized carbons (Fsp3) is 0.417. The van der Waals surface area contributed by atoms with Crippen molar-refractivity contribution < 1.29 is 14.3 Å². The van der Waals surface area contributed by atoms with Crippen molar-refractivity contribution in [3.8, 4) is 5.75 Å². The van der Waals surface area contributed by atoms with E-state index in [1.165, 1.54) is 0 Å². The van der Waals surface area contributed by atoms with Crippen molar-refractivity contribution in [1.29, 1.82) is 0 Å². The van der Waals surface area contributed by atoms with E-state index in [9.17, 15) is 9.59 Å². The van der Waals surface area contributed by atoms with Gasteiger partial charge in [-0.15, -0.1) is 0 Å². The van der Waals surface area contributed by atoms with Crippen molar-refractivity contribution in [1.82, 2.24) is 5.32 Å². The summed E-state index contributed by atoms with van der Waals surface area (Å²) in [6.07, 6.45) is 3.85. The van der Waals surface area contributed by atoms with Gasteiger partial charge in [0.2, 0.25) is 11.8 Å². The Balaban J connectivity index is 1.56. The first kappa shape index (κ1) is 18.2. The molecule has 1 saturated carbocycles. The van der Waals surface area contributed by atoms with Gasteiger partial charge in [-0.25, -0.2) is 0 Å². The lowest BCUT2D eigenvalue weighted by Crippen LogP contribution is -2.69. The van der Waals surface area contributed by atoms with Gasteiger partial charge in [0.25, 0.3) is 0 Å². The Bertz CT molecular complexity index is 1000. The topological polar surface area (TPSA) is 67.4 Å². The molecule has 4 atom stereocenters. The average molecular weight is 390 g/mol. The molecule has 1 aliphatic carbocycles. The molecule has 0 spiro atoms. The number of hydrogen-bond donors (Lipinski definition) is 2. The second kappa shape index (κ2) is 6.61. The summed E-state index contributed by atoms with van der Waals surface area (Å²) in [5.74, 6) is -0.503. The summed E-state index contributed by atoms with van der Waals surface area (Å²) in [5.41, 5.74) is 3.13. The van der Waals surface area contributed by atoms with E-state index in [0.717, 1.165) is 53.8 Å². The van der Waals surface area contributed by atoms with Gasteiger partial charge >= 0.3 is 0 Å². The van der Waals surface area contributed by atoms with Crippen LogP contribution in [0.1, 0.15) is 48.3 Å². The molecule has 5 heteroatoms. The molecule has 2 fully saturated rings. The van der Waals surface area contributed by atoms with Gasteiger partial charge in [0.1, 0.15) is 11.7 Å². The van der Waals surface area contributed by atoms with Gasteiger partial charge in [-0.2, -0.15) is 0 Å². The van der Waals surface area contributed by atoms with Crippen LogP contribution in [0.2, 0.25) is 0 Å². The molecule has 1 saturated heterocycles. The quantitative estimate of drug-likeness (QED) is 0.760. The minimum atomic E-state index is -0.767. The Kier molecular flexibility index (Phi) is 4.16. The SMILES string of the molecule is Cc1ccc(C)c(NC(=O)[C@H]2C(=O)N[C@@]34CCCC[C@H]3[C@H]2c2ccccc2O4)c1. The van der Waals surface area contributed by atoms with Crippen LogP contribution >= 0.6 is 0 Å². The van der Waals surface area contributed by atoms with Crippen molar-refractivity contribution in [3.63, 3.8) is 0 Å². The predicted octanol–water partition coefficient (Wildman–Crippen LogP) is 4.05. The number of rotatable bonds is 2. The van der Waals surface area contributed by atoms with E-state index < -0.39 is 11.6 Å². The maximum Gasteiger partial charge on any atom is 0.237 e. The number of aryl methyl sites for hydroxylation is 2. The summed E-state index contributed by atoms with van der Waals surface area (Å²) in [5, 5.41) is 6.16. The highest BCUT2D eigenvalue weighted by molar-refractivity contribution is 6.08. The lowest BCUT2D eigenvalue weighted by atomic mass is 9.62. The van der Waals surface area contributed by atoms with Crippen molar-refractivity contribution in [2.24, 2.45) is 11.8 Å². The number of carbonyl (C=O) groups excluding carboxylic acids is 2. The van der Waals surface area contributed by atoms with Crippen LogP contribution in [0.4, 0.5) is 5.69 Å². The molecule has 2 heterocycles. The van der Waals surface area contributed by atoms with Crippen molar-refractivity contribution >= 4 is 17.5 Å². The highest BCUT2D eigenvalue weighted by atomic mass is 16.5. The molecule has 2 aliphatic heterocycles. The Morgan fingerprint density at radius 2 is 2.00 bits per heavy atom. The lowest BCUT2D eigenvalue weighted by molar-refractivity contribution is -0.160. The summed E-state index contributed by atoms with van der Waals surface area (Å²) in [7, 11) is 0. The van der Waals surface area contributed by atoms with Crippen LogP contribution in [0, 0.1) is 25.7 Å². The molecule has 2 N–H and O–H groups in total. The normalized spacial score (nSPS) is 29.7. The van der Waals surface area contributed by atoms with E-state index in [4.69, 9.17) is 4.74 Å². The van der Waals surface area contributed by atoms with Gasteiger partial charge in [0, 0.05) is 23.9 Å². The van der Waals surface area contributed by atoms with Crippen LogP contribution in [-0.4, -0.2) is 17.5 Å². The number of anilines is 1. The van der Waals surface area contributed by atoms with Crippen LogP contribution in [0.25, 0.3) is 0 Å². The molecule has 2 aromatic rings. The van der Waals surface area contributed by atoms with Crippen LogP contribution in [0.3, 0.4) is 0 Å². The molecular weight excluding hydrogens is 364 g/mol. The summed E-state index contributed by atoms with van der Waals surface area (Å²) < 4.78 is 6.38. The monoisotopic (exact) mass is 390 g/mol. The average Bonchev–Trinajstić information content (AvgIpc) is 2.69. The highest BCUT2D eigenvalue weighted by Crippen LogP contribution is 2.55. The molecule has 5 rings (SSSR count). The van der Waals surface area contributed by atoms with E-state index in [1.807, 2.05) is 56.3 Å². The maximum atomic E-state index is 13.4. The third kappa shape index (κ3) is 2.83. The van der Waals surface area contributed by atoms with Gasteiger partial charge < -0.3 is 15.4 Å². The number of carbonyl (C=O) groups is 2. The Labute approximate surface area is 170 Å². The number of piperidine rings is 1. The fourth-order valence-electron chi connectivity index (χ4n) is 5.43. The van der Waals surface area contributed by atoms with E-state index in [0.29, 0.717) is 0 Å². The molecule has 0 unspecified atom stereocenters. The summed E-state index contributed by atoms with van der Waals surface area (Å²) in [4.78, 5) is 26.6. The second-order valence-electron chi connectivity index (χ2n) is 8.68. The number of ether oxygens (including phenoxy) is 1. The second-order valence-corrected chi connectivity index (χ2v) is 8.68. The van der Waals surface area contributed by atoms with Crippen LogP contribution in [-0.2, 0) is 9.59 Å². The number of fused-ring (bicyclic) bond motifs is 2. The molecule has 3 aliphatic rings. The molecule has 29 heavy (non-hydrogen) atoms. The number of para-hydroxylation sites is 1. The minimum Gasteiger partial charge on any atom is -0.467 e. The number of hydrogen-bond acceptors (Lipinski definition) is 3. The van der Waals surface area contributed by atoms with Gasteiger partial charge in [0.15, 0.2) is 5.72 Å². The Hall–Kier alpha value is -2.82. The Morgan fingerprint density at radius 1 is 1.17 bits per heavy atom. The third-order valence-corrected chi connectivity index (χ3v) is 6.83. The highest BCUT2D eigenvalue weighted by Gasteiger charge is 2.60. The largest absolute Gasteiger partial charge is 0.467 e. The smallest absolute Gasteiger partial charge is 0.237 e. The van der Waals surface area contributed by atoms with Crippen molar-refractivity contribution in [2.45, 2.75) is 51.2 Å². The van der Waals surface area contributed by atoms with E-state index in [1.54, 1.807) is 0 Å². The zero-order chi connectivity index (χ0) is 20.2. The third-order valence-electron chi connectivity index (χ3n) is 6.83. The fourth-order valence-corrected chi connectivity index (χ4v) is 5.43. The first-order chi connectivity index (χ1) is 14.0. The number of benzene rings is 2. The molecule has 0 aromatic heterocycles. The zero-order valence-electron chi connectivity index (χ0n) is 16.8. The van der Waals surface area contributed by atoms with Gasteiger partial charge in [-0.3, -0.25) is 9.59 Å². The predicted molar refractivity (Wildman–Crippen MR) is 111 cm³/mol. The molecule has 2 aromatic carbocycles. The molecule has 2 amide bonds. The number of amides is 2. The first-order valence-electron chi connectivity index (χ1n) is 10.5. The van der Waals surface area contributed by atoms with E-state index in [2.05, 4.69) is 10.6 Å². The van der Waals surface area contributed by atoms with Gasteiger partial charge in [-0.05, 0) is 55.5 Å². The van der Waals surface area contributed by atoms with Crippen LogP contribution in [0.15, 0.2) is 42.5 Å². The lowest BCUT2D eigenvalue weighted by Gasteiger charge is -2.56. The Morgan fingerprint density at radius 3 is 2.86 bits per heavy atom.